The summed E-state index contributed by atoms with van der Waals surface area (Å²) in [6.07, 6.45) is 0. The van der Waals surface area contributed by atoms with Crippen LogP contribution in [0.1, 0.15) is 12.5 Å². The third-order valence-electron chi connectivity index (χ3n) is 3.28. The van der Waals surface area contributed by atoms with Gasteiger partial charge in [0.2, 0.25) is 5.89 Å². The number of carbonyl (C=O) groups is 1. The predicted molar refractivity (Wildman–Crippen MR) is 84.6 cm³/mol. The average Bonchev–Trinajstić information content (AvgIpc) is 2.93. The summed E-state index contributed by atoms with van der Waals surface area (Å²) in [5, 5.41) is 0. The van der Waals surface area contributed by atoms with Gasteiger partial charge in [-0.25, -0.2) is 9.78 Å². The van der Waals surface area contributed by atoms with Crippen LogP contribution in [0, 0.1) is 6.92 Å². The summed E-state index contributed by atoms with van der Waals surface area (Å²) in [4.78, 5) is 16.1. The van der Waals surface area contributed by atoms with E-state index in [2.05, 4.69) is 11.6 Å². The average molecular weight is 293 g/mol. The van der Waals surface area contributed by atoms with Crippen molar-refractivity contribution < 1.29 is 13.9 Å². The highest BCUT2D eigenvalue weighted by molar-refractivity contribution is 5.89. The first-order chi connectivity index (χ1) is 10.5. The van der Waals surface area contributed by atoms with E-state index in [1.54, 1.807) is 13.0 Å². The number of esters is 1. The predicted octanol–water partition coefficient (Wildman–Crippen LogP) is 4.28. The van der Waals surface area contributed by atoms with Crippen LogP contribution >= 0.6 is 0 Å². The second-order valence-corrected chi connectivity index (χ2v) is 5.14. The third kappa shape index (κ3) is 2.63. The SMILES string of the molecule is C=C(C)C(=O)Oc1cc(-c2nc3ccccc3o2)ccc1C. The van der Waals surface area contributed by atoms with Gasteiger partial charge in [0.25, 0.3) is 0 Å². The first-order valence-electron chi connectivity index (χ1n) is 6.89. The van der Waals surface area contributed by atoms with E-state index in [0.717, 1.165) is 22.2 Å². The van der Waals surface area contributed by atoms with Crippen molar-refractivity contribution in [3.63, 3.8) is 0 Å². The van der Waals surface area contributed by atoms with E-state index in [1.807, 2.05) is 43.3 Å². The summed E-state index contributed by atoms with van der Waals surface area (Å²) < 4.78 is 11.1. The van der Waals surface area contributed by atoms with Crippen LogP contribution in [0.15, 0.2) is 59.0 Å². The molecule has 0 amide bonds. The summed E-state index contributed by atoms with van der Waals surface area (Å²) in [6.45, 7) is 7.07. The highest BCUT2D eigenvalue weighted by Gasteiger charge is 2.12. The number of hydrogen-bond acceptors (Lipinski definition) is 4. The Kier molecular flexibility index (Phi) is 3.51. The lowest BCUT2D eigenvalue weighted by Crippen LogP contribution is -2.09. The summed E-state index contributed by atoms with van der Waals surface area (Å²) in [5.74, 6) is 0.527. The largest absolute Gasteiger partial charge is 0.436 e. The fourth-order valence-electron chi connectivity index (χ4n) is 2.03. The van der Waals surface area contributed by atoms with E-state index in [4.69, 9.17) is 9.15 Å². The van der Waals surface area contributed by atoms with Gasteiger partial charge in [-0.2, -0.15) is 0 Å². The molecule has 3 rings (SSSR count). The minimum Gasteiger partial charge on any atom is -0.436 e. The number of oxazole rings is 1. The Bertz CT molecular complexity index is 844. The number of fused-ring (bicyclic) bond motifs is 1. The van der Waals surface area contributed by atoms with Gasteiger partial charge < -0.3 is 9.15 Å². The molecular formula is C18H15NO3. The zero-order chi connectivity index (χ0) is 15.7. The van der Waals surface area contributed by atoms with Crippen LogP contribution in [0.3, 0.4) is 0 Å². The molecule has 0 saturated carbocycles. The van der Waals surface area contributed by atoms with Gasteiger partial charge in [-0.1, -0.05) is 24.8 Å². The Hall–Kier alpha value is -2.88. The van der Waals surface area contributed by atoms with Crippen LogP contribution in [0.5, 0.6) is 5.75 Å². The molecule has 0 aliphatic carbocycles. The fourth-order valence-corrected chi connectivity index (χ4v) is 2.03. The van der Waals surface area contributed by atoms with Crippen molar-refractivity contribution in [2.24, 2.45) is 0 Å². The van der Waals surface area contributed by atoms with Gasteiger partial charge in [0, 0.05) is 11.1 Å². The lowest BCUT2D eigenvalue weighted by atomic mass is 10.1. The highest BCUT2D eigenvalue weighted by atomic mass is 16.5. The number of ether oxygens (including phenoxy) is 1. The van der Waals surface area contributed by atoms with Crippen LogP contribution in [0.4, 0.5) is 0 Å². The molecule has 0 atom stereocenters. The minimum atomic E-state index is -0.446. The van der Waals surface area contributed by atoms with Crippen molar-refractivity contribution in [3.05, 3.63) is 60.2 Å². The number of rotatable bonds is 3. The van der Waals surface area contributed by atoms with Gasteiger partial charge in [-0.3, -0.25) is 0 Å². The molecule has 0 aliphatic heterocycles. The van der Waals surface area contributed by atoms with Gasteiger partial charge in [-0.15, -0.1) is 0 Å². The monoisotopic (exact) mass is 293 g/mol. The molecule has 22 heavy (non-hydrogen) atoms. The second-order valence-electron chi connectivity index (χ2n) is 5.14. The Morgan fingerprint density at radius 2 is 2.00 bits per heavy atom. The van der Waals surface area contributed by atoms with E-state index in [1.165, 1.54) is 0 Å². The van der Waals surface area contributed by atoms with Gasteiger partial charge in [-0.05, 0) is 43.7 Å². The molecular weight excluding hydrogens is 278 g/mol. The zero-order valence-corrected chi connectivity index (χ0v) is 12.4. The highest BCUT2D eigenvalue weighted by Crippen LogP contribution is 2.29. The number of nitrogens with zero attached hydrogens (tertiary/aromatic N) is 1. The van der Waals surface area contributed by atoms with Crippen LogP contribution in [-0.4, -0.2) is 11.0 Å². The van der Waals surface area contributed by atoms with Gasteiger partial charge >= 0.3 is 5.97 Å². The maximum absolute atomic E-state index is 11.7. The van der Waals surface area contributed by atoms with Crippen molar-refractivity contribution in [1.82, 2.24) is 4.98 Å². The number of aryl methyl sites for hydroxylation is 1. The standard InChI is InChI=1S/C18H15NO3/c1-11(2)18(20)22-16-10-13(9-8-12(16)3)17-19-14-6-4-5-7-15(14)21-17/h4-10H,1H2,2-3H3. The molecule has 1 heterocycles. The van der Waals surface area contributed by atoms with Crippen molar-refractivity contribution in [2.75, 3.05) is 0 Å². The molecule has 2 aromatic carbocycles. The lowest BCUT2D eigenvalue weighted by molar-refractivity contribution is -0.130. The van der Waals surface area contributed by atoms with Crippen LogP contribution in [-0.2, 0) is 4.79 Å². The molecule has 4 heteroatoms. The summed E-state index contributed by atoms with van der Waals surface area (Å²) >= 11 is 0. The maximum Gasteiger partial charge on any atom is 0.338 e. The number of para-hydroxylation sites is 2. The first-order valence-corrected chi connectivity index (χ1v) is 6.89. The van der Waals surface area contributed by atoms with Gasteiger partial charge in [0.1, 0.15) is 11.3 Å². The number of benzene rings is 2. The molecule has 0 unspecified atom stereocenters. The molecule has 0 radical (unpaired) electrons. The smallest absolute Gasteiger partial charge is 0.338 e. The summed E-state index contributed by atoms with van der Waals surface area (Å²) in [5.41, 5.74) is 3.48. The first kappa shape index (κ1) is 14.1. The fraction of sp³-hybridized carbons (Fsp3) is 0.111. The molecule has 0 fully saturated rings. The Balaban J connectivity index is 2.00. The van der Waals surface area contributed by atoms with Gasteiger partial charge in [0.15, 0.2) is 5.58 Å². The topological polar surface area (TPSA) is 52.3 Å². The molecule has 3 aromatic rings. The maximum atomic E-state index is 11.7. The molecule has 110 valence electrons. The van der Waals surface area contributed by atoms with Crippen molar-refractivity contribution in [3.8, 4) is 17.2 Å². The molecule has 0 spiro atoms. The quantitative estimate of drug-likeness (QED) is 0.411. The van der Waals surface area contributed by atoms with E-state index in [-0.39, 0.29) is 0 Å². The summed E-state index contributed by atoms with van der Waals surface area (Å²) in [7, 11) is 0. The lowest BCUT2D eigenvalue weighted by Gasteiger charge is -2.08. The normalized spacial score (nSPS) is 10.6. The van der Waals surface area contributed by atoms with E-state index >= 15 is 0 Å². The number of hydrogen-bond donors (Lipinski definition) is 0. The third-order valence-corrected chi connectivity index (χ3v) is 3.28. The van der Waals surface area contributed by atoms with Crippen LogP contribution in [0.25, 0.3) is 22.6 Å². The Morgan fingerprint density at radius 3 is 2.73 bits per heavy atom. The van der Waals surface area contributed by atoms with Gasteiger partial charge in [0.05, 0.1) is 0 Å². The van der Waals surface area contributed by atoms with E-state index in [9.17, 15) is 4.79 Å². The summed E-state index contributed by atoms with van der Waals surface area (Å²) in [6, 6.07) is 13.1. The Labute approximate surface area is 128 Å². The van der Waals surface area contributed by atoms with Crippen molar-refractivity contribution in [1.29, 1.82) is 0 Å². The number of carbonyl (C=O) groups excluding carboxylic acids is 1. The molecule has 0 bridgehead atoms. The second kappa shape index (κ2) is 5.48. The molecule has 0 aliphatic rings. The molecule has 0 N–H and O–H groups in total. The van der Waals surface area contributed by atoms with E-state index < -0.39 is 5.97 Å². The van der Waals surface area contributed by atoms with E-state index in [0.29, 0.717) is 17.2 Å². The van der Waals surface area contributed by atoms with Crippen LogP contribution < -0.4 is 4.74 Å². The molecule has 0 saturated heterocycles. The van der Waals surface area contributed by atoms with Crippen molar-refractivity contribution >= 4 is 17.1 Å². The van der Waals surface area contributed by atoms with Crippen LogP contribution in [0.2, 0.25) is 0 Å². The Morgan fingerprint density at radius 1 is 1.23 bits per heavy atom. The molecule has 4 nitrogen and oxygen atoms in total. The number of aromatic nitrogens is 1. The zero-order valence-electron chi connectivity index (χ0n) is 12.4. The molecule has 1 aromatic heterocycles. The van der Waals surface area contributed by atoms with Crippen molar-refractivity contribution in [2.45, 2.75) is 13.8 Å². The minimum absolute atomic E-state index is 0.353.